The number of aromatic nitrogens is 2. The molecule has 44 heavy (non-hydrogen) atoms. The smallest absolute Gasteiger partial charge is 0.179 e. The summed E-state index contributed by atoms with van der Waals surface area (Å²) < 4.78 is 7.88. The van der Waals surface area contributed by atoms with Crippen molar-refractivity contribution in [1.82, 2.24) is 9.78 Å². The maximum absolute atomic E-state index is 5.94. The van der Waals surface area contributed by atoms with E-state index in [0.29, 0.717) is 5.84 Å². The number of hydrogen-bond donors (Lipinski definition) is 1. The van der Waals surface area contributed by atoms with E-state index in [1.807, 2.05) is 53.2 Å². The van der Waals surface area contributed by atoms with Crippen molar-refractivity contribution >= 4 is 40.2 Å². The number of nitrogens with one attached hydrogen (secondary N) is 1. The molecule has 0 saturated heterocycles. The van der Waals surface area contributed by atoms with E-state index in [-0.39, 0.29) is 6.04 Å². The van der Waals surface area contributed by atoms with Crippen LogP contribution in [0.4, 0.5) is 28.6 Å². The molecule has 0 bridgehead atoms. The monoisotopic (exact) mass is 581 g/mol. The highest BCUT2D eigenvalue weighted by Crippen LogP contribution is 2.49. The summed E-state index contributed by atoms with van der Waals surface area (Å²) in [4.78, 5) is 15.1. The van der Waals surface area contributed by atoms with Crippen LogP contribution in [0.25, 0.3) is 5.69 Å². The third-order valence-corrected chi connectivity index (χ3v) is 8.33. The number of methoxy groups -OCH3 is 1. The maximum Gasteiger partial charge on any atom is 0.179 e. The molecule has 1 N–H and O–H groups in total. The maximum atomic E-state index is 5.94. The van der Waals surface area contributed by atoms with E-state index in [9.17, 15) is 0 Å². The number of nitrogens with zero attached hydrogens (tertiary/aromatic N) is 6. The third kappa shape index (κ3) is 4.59. The Hall–Kier alpha value is -5.37. The van der Waals surface area contributed by atoms with Gasteiger partial charge in [-0.05, 0) is 75.4 Å². The van der Waals surface area contributed by atoms with Gasteiger partial charge in [0.25, 0.3) is 0 Å². The average molecular weight is 582 g/mol. The van der Waals surface area contributed by atoms with Crippen LogP contribution in [0.2, 0.25) is 0 Å². The molecule has 0 aliphatic carbocycles. The van der Waals surface area contributed by atoms with Crippen LogP contribution in [0.1, 0.15) is 36.7 Å². The van der Waals surface area contributed by atoms with Crippen molar-refractivity contribution in [1.29, 1.82) is 0 Å². The quantitative estimate of drug-likeness (QED) is 0.212. The van der Waals surface area contributed by atoms with Crippen molar-refractivity contribution in [2.45, 2.75) is 26.8 Å². The molecule has 2 aliphatic heterocycles. The molecular weight excluding hydrogens is 546 g/mol. The molecule has 0 saturated carbocycles. The number of para-hydroxylation sites is 4. The van der Waals surface area contributed by atoms with Crippen molar-refractivity contribution in [3.63, 3.8) is 0 Å². The van der Waals surface area contributed by atoms with Gasteiger partial charge in [0.1, 0.15) is 5.75 Å². The zero-order valence-corrected chi connectivity index (χ0v) is 25.4. The van der Waals surface area contributed by atoms with Crippen molar-refractivity contribution in [3.8, 4) is 11.4 Å². The zero-order chi connectivity index (χ0) is 30.2. The fourth-order valence-electron chi connectivity index (χ4n) is 6.21. The summed E-state index contributed by atoms with van der Waals surface area (Å²) in [5, 5.41) is 8.65. The molecule has 1 aromatic heterocycles. The fourth-order valence-corrected chi connectivity index (χ4v) is 6.21. The van der Waals surface area contributed by atoms with Gasteiger partial charge in [-0.1, -0.05) is 48.5 Å². The van der Waals surface area contributed by atoms with Crippen LogP contribution < -0.4 is 19.9 Å². The summed E-state index contributed by atoms with van der Waals surface area (Å²) in [6.45, 7) is 8.32. The lowest BCUT2D eigenvalue weighted by Crippen LogP contribution is -2.46. The van der Waals surface area contributed by atoms with E-state index in [0.717, 1.165) is 70.1 Å². The van der Waals surface area contributed by atoms with Gasteiger partial charge >= 0.3 is 0 Å². The Bertz CT molecular complexity index is 1870. The lowest BCUT2D eigenvalue weighted by atomic mass is 9.92. The Morgan fingerprint density at radius 3 is 2.27 bits per heavy atom. The molecule has 0 spiro atoms. The molecule has 0 radical (unpaired) electrons. The van der Waals surface area contributed by atoms with Crippen LogP contribution in [0.5, 0.6) is 5.75 Å². The van der Waals surface area contributed by atoms with Crippen LogP contribution in [-0.4, -0.2) is 41.7 Å². The molecule has 4 aromatic carbocycles. The first-order valence-corrected chi connectivity index (χ1v) is 15.1. The second-order valence-electron chi connectivity index (χ2n) is 10.8. The topological polar surface area (TPSA) is 70.3 Å². The molecule has 0 amide bonds. The number of amidine groups is 2. The van der Waals surface area contributed by atoms with E-state index >= 15 is 0 Å². The Labute approximate surface area is 258 Å². The summed E-state index contributed by atoms with van der Waals surface area (Å²) in [5.41, 5.74) is 7.88. The van der Waals surface area contributed by atoms with Gasteiger partial charge in [0, 0.05) is 35.6 Å². The third-order valence-electron chi connectivity index (χ3n) is 8.33. The molecule has 5 aromatic rings. The van der Waals surface area contributed by atoms with Gasteiger partial charge in [-0.3, -0.25) is 0 Å². The van der Waals surface area contributed by atoms with Gasteiger partial charge in [-0.25, -0.2) is 14.7 Å². The zero-order valence-electron chi connectivity index (χ0n) is 25.4. The number of anilines is 3. The molecular formula is C36H35N7O. The van der Waals surface area contributed by atoms with E-state index in [1.165, 1.54) is 5.69 Å². The van der Waals surface area contributed by atoms with E-state index in [1.54, 1.807) is 7.11 Å². The predicted octanol–water partition coefficient (Wildman–Crippen LogP) is 7.83. The van der Waals surface area contributed by atoms with Crippen molar-refractivity contribution in [3.05, 3.63) is 120 Å². The molecule has 2 aliphatic rings. The number of rotatable bonds is 7. The Morgan fingerprint density at radius 2 is 1.52 bits per heavy atom. The number of ether oxygens (including phenoxy) is 1. The van der Waals surface area contributed by atoms with Crippen LogP contribution in [-0.2, 0) is 0 Å². The van der Waals surface area contributed by atoms with Crippen LogP contribution in [0.15, 0.2) is 113 Å². The van der Waals surface area contributed by atoms with Gasteiger partial charge in [-0.2, -0.15) is 5.10 Å². The fraction of sp³-hybridized carbons (Fsp3) is 0.194. The van der Waals surface area contributed by atoms with Gasteiger partial charge in [-0.15, -0.1) is 0 Å². The largest absolute Gasteiger partial charge is 0.496 e. The first kappa shape index (κ1) is 27.5. The molecule has 3 heterocycles. The molecule has 7 rings (SSSR count). The molecule has 1 atom stereocenters. The van der Waals surface area contributed by atoms with Crippen molar-refractivity contribution in [2.75, 3.05) is 35.3 Å². The molecule has 220 valence electrons. The van der Waals surface area contributed by atoms with Crippen LogP contribution in [0.3, 0.4) is 0 Å². The average Bonchev–Trinajstić information content (AvgIpc) is 3.41. The summed E-state index contributed by atoms with van der Waals surface area (Å²) in [6, 6.07) is 34.8. The molecule has 8 nitrogen and oxygen atoms in total. The molecule has 0 fully saturated rings. The minimum atomic E-state index is -0.260. The minimum absolute atomic E-state index is 0.260. The summed E-state index contributed by atoms with van der Waals surface area (Å²) in [7, 11) is 1.72. The number of aliphatic imine (C=N–C) groups is 2. The number of hydrogen-bond acceptors (Lipinski definition) is 7. The van der Waals surface area contributed by atoms with Crippen molar-refractivity contribution < 1.29 is 4.74 Å². The van der Waals surface area contributed by atoms with Crippen LogP contribution in [0, 0.1) is 6.92 Å². The second kappa shape index (κ2) is 11.4. The SMILES string of the molecule is CCN(CC)c1ccc(NC2=Nc3ccccc3N3C2=Nc2c(c(C)nn2-c2ccccc2)[C@@H]3c2ccccc2OC)cc1. The Balaban J connectivity index is 1.44. The highest BCUT2D eigenvalue weighted by molar-refractivity contribution is 6.51. The highest BCUT2D eigenvalue weighted by Gasteiger charge is 2.42. The summed E-state index contributed by atoms with van der Waals surface area (Å²) >= 11 is 0. The van der Waals surface area contributed by atoms with Crippen LogP contribution >= 0.6 is 0 Å². The van der Waals surface area contributed by atoms with Gasteiger partial charge in [0.15, 0.2) is 17.5 Å². The van der Waals surface area contributed by atoms with Crippen molar-refractivity contribution in [2.24, 2.45) is 9.98 Å². The minimum Gasteiger partial charge on any atom is -0.496 e. The number of aryl methyl sites for hydroxylation is 1. The Morgan fingerprint density at radius 1 is 0.818 bits per heavy atom. The predicted molar refractivity (Wildman–Crippen MR) is 180 cm³/mol. The van der Waals surface area contributed by atoms with E-state index < -0.39 is 0 Å². The lowest BCUT2D eigenvalue weighted by molar-refractivity contribution is 0.407. The standard InChI is InChI=1S/C36H35N7O/c1-5-41(6-2)26-22-20-25(21-23-26)37-34-36-39-35-32(24(3)40-43(35)27-14-8-7-9-15-27)33(28-16-10-13-19-31(28)44-4)42(36)30-18-12-11-17-29(30)38-34/h7-23,33H,5-6H2,1-4H3,(H,37,38)/t33-/m0/s1. The number of benzene rings is 4. The molecule has 0 unspecified atom stereocenters. The second-order valence-corrected chi connectivity index (χ2v) is 10.8. The number of fused-ring (bicyclic) bond motifs is 4. The van der Waals surface area contributed by atoms with Gasteiger partial charge in [0.2, 0.25) is 0 Å². The molecule has 8 heteroatoms. The first-order valence-electron chi connectivity index (χ1n) is 15.1. The normalized spacial score (nSPS) is 15.0. The summed E-state index contributed by atoms with van der Waals surface area (Å²) in [6.07, 6.45) is 0. The lowest BCUT2D eigenvalue weighted by Gasteiger charge is -2.41. The summed E-state index contributed by atoms with van der Waals surface area (Å²) in [5.74, 6) is 2.97. The first-order chi connectivity index (χ1) is 21.6. The van der Waals surface area contributed by atoms with Gasteiger partial charge in [0.05, 0.1) is 35.9 Å². The van der Waals surface area contributed by atoms with E-state index in [4.69, 9.17) is 19.8 Å². The highest BCUT2D eigenvalue weighted by atomic mass is 16.5. The van der Waals surface area contributed by atoms with Gasteiger partial charge < -0.3 is 19.9 Å². The Kier molecular flexibility index (Phi) is 7.10. The van der Waals surface area contributed by atoms with E-state index in [2.05, 4.69) is 90.5 Å².